The molecule has 3 rings (SSSR count). The van der Waals surface area contributed by atoms with Gasteiger partial charge in [0.15, 0.2) is 0 Å². The van der Waals surface area contributed by atoms with Crippen molar-refractivity contribution < 1.29 is 0 Å². The van der Waals surface area contributed by atoms with Crippen LogP contribution in [-0.4, -0.2) is 9.97 Å². The molecule has 2 aromatic carbocycles. The van der Waals surface area contributed by atoms with E-state index in [1.54, 1.807) is 6.20 Å². The number of nitrogens with zero attached hydrogens (tertiary/aromatic N) is 1. The molecule has 1 aromatic heterocycles. The molecule has 0 aliphatic carbocycles. The van der Waals surface area contributed by atoms with Gasteiger partial charge in [-0.25, -0.2) is 0 Å². The average Bonchev–Trinajstić information content (AvgIpc) is 2.47. The first-order chi connectivity index (χ1) is 10.1. The molecular formula is C16H12BrN3S. The number of thiocarbonyl (C=S) groups is 1. The second kappa shape index (κ2) is 5.79. The van der Waals surface area contributed by atoms with E-state index in [-0.39, 0.29) is 0 Å². The lowest BCUT2D eigenvalue weighted by Gasteiger charge is -2.11. The fourth-order valence-electron chi connectivity index (χ4n) is 2.15. The summed E-state index contributed by atoms with van der Waals surface area (Å²) in [4.78, 5) is 4.81. The summed E-state index contributed by atoms with van der Waals surface area (Å²) in [6.45, 7) is 0. The van der Waals surface area contributed by atoms with Gasteiger partial charge in [0.25, 0.3) is 0 Å². The maximum atomic E-state index is 5.66. The Kier molecular flexibility index (Phi) is 3.86. The first-order valence-electron chi connectivity index (χ1n) is 6.35. The van der Waals surface area contributed by atoms with E-state index < -0.39 is 0 Å². The zero-order chi connectivity index (χ0) is 14.8. The van der Waals surface area contributed by atoms with Gasteiger partial charge >= 0.3 is 0 Å². The van der Waals surface area contributed by atoms with Crippen molar-refractivity contribution in [3.63, 3.8) is 0 Å². The number of anilines is 2. The van der Waals surface area contributed by atoms with E-state index >= 15 is 0 Å². The molecule has 3 aromatic rings. The average molecular weight is 358 g/mol. The maximum absolute atomic E-state index is 5.66. The number of fused-ring (bicyclic) bond motifs is 1. The van der Waals surface area contributed by atoms with Crippen LogP contribution in [-0.2, 0) is 0 Å². The molecule has 0 bridgehead atoms. The Bertz CT molecular complexity index is 827. The number of nitrogens with one attached hydrogen (secondary N) is 1. The lowest BCUT2D eigenvalue weighted by molar-refractivity contribution is 1.40. The fourth-order valence-corrected chi connectivity index (χ4v) is 3.05. The van der Waals surface area contributed by atoms with Gasteiger partial charge in [-0.15, -0.1) is 0 Å². The number of hydrogen-bond acceptors (Lipinski definition) is 3. The summed E-state index contributed by atoms with van der Waals surface area (Å²) in [7, 11) is 0. The second-order valence-corrected chi connectivity index (χ2v) is 5.86. The Morgan fingerprint density at radius 2 is 1.95 bits per heavy atom. The molecule has 104 valence electrons. The minimum atomic E-state index is 0.375. The first kappa shape index (κ1) is 14.0. The van der Waals surface area contributed by atoms with E-state index in [9.17, 15) is 0 Å². The van der Waals surface area contributed by atoms with Crippen molar-refractivity contribution in [1.82, 2.24) is 4.98 Å². The molecule has 5 heteroatoms. The highest BCUT2D eigenvalue weighted by Gasteiger charge is 2.06. The summed E-state index contributed by atoms with van der Waals surface area (Å²) in [6, 6.07) is 15.8. The van der Waals surface area contributed by atoms with E-state index in [2.05, 4.69) is 26.2 Å². The highest BCUT2D eigenvalue weighted by atomic mass is 79.9. The molecule has 0 saturated heterocycles. The SMILES string of the molecule is NC(=S)c1ccc(Nc2cccc3cccnc23)cc1Br. The molecule has 3 N–H and O–H groups in total. The monoisotopic (exact) mass is 357 g/mol. The largest absolute Gasteiger partial charge is 0.389 e. The second-order valence-electron chi connectivity index (χ2n) is 4.56. The van der Waals surface area contributed by atoms with Crippen molar-refractivity contribution in [2.75, 3.05) is 5.32 Å². The van der Waals surface area contributed by atoms with Gasteiger partial charge in [0.1, 0.15) is 4.99 Å². The predicted molar refractivity (Wildman–Crippen MR) is 95.1 cm³/mol. The van der Waals surface area contributed by atoms with Crippen molar-refractivity contribution in [2.24, 2.45) is 5.73 Å². The zero-order valence-corrected chi connectivity index (χ0v) is 13.4. The number of aromatic nitrogens is 1. The van der Waals surface area contributed by atoms with Gasteiger partial charge in [-0.1, -0.05) is 30.4 Å². The summed E-state index contributed by atoms with van der Waals surface area (Å²) < 4.78 is 0.869. The molecule has 0 spiro atoms. The Morgan fingerprint density at radius 3 is 2.71 bits per heavy atom. The van der Waals surface area contributed by atoms with Gasteiger partial charge in [0, 0.05) is 27.3 Å². The van der Waals surface area contributed by atoms with E-state index in [4.69, 9.17) is 18.0 Å². The standard InChI is InChI=1S/C16H12BrN3S/c17-13-9-11(6-7-12(13)16(18)21)20-14-5-1-3-10-4-2-8-19-15(10)14/h1-9,20H,(H2,18,21). The molecular weight excluding hydrogens is 346 g/mol. The minimum absolute atomic E-state index is 0.375. The number of hydrogen-bond donors (Lipinski definition) is 2. The molecule has 0 saturated carbocycles. The molecule has 3 nitrogen and oxygen atoms in total. The minimum Gasteiger partial charge on any atom is -0.389 e. The van der Waals surface area contributed by atoms with Crippen LogP contribution in [0.25, 0.3) is 10.9 Å². The fraction of sp³-hybridized carbons (Fsp3) is 0. The highest BCUT2D eigenvalue weighted by Crippen LogP contribution is 2.27. The molecule has 0 fully saturated rings. The highest BCUT2D eigenvalue weighted by molar-refractivity contribution is 9.10. The summed E-state index contributed by atoms with van der Waals surface area (Å²) in [6.07, 6.45) is 1.79. The van der Waals surface area contributed by atoms with Crippen molar-refractivity contribution >= 4 is 55.4 Å². The smallest absolute Gasteiger partial charge is 0.105 e. The van der Waals surface area contributed by atoms with Crippen LogP contribution in [0.4, 0.5) is 11.4 Å². The summed E-state index contributed by atoms with van der Waals surface area (Å²) in [5.41, 5.74) is 9.33. The van der Waals surface area contributed by atoms with Gasteiger partial charge in [-0.2, -0.15) is 0 Å². The van der Waals surface area contributed by atoms with Crippen LogP contribution >= 0.6 is 28.1 Å². The lowest BCUT2D eigenvalue weighted by atomic mass is 10.1. The Balaban J connectivity index is 1.99. The number of halogens is 1. The molecule has 1 heterocycles. The van der Waals surface area contributed by atoms with Gasteiger partial charge in [-0.3, -0.25) is 4.98 Å². The third kappa shape index (κ3) is 2.89. The van der Waals surface area contributed by atoms with Crippen molar-refractivity contribution in [1.29, 1.82) is 0 Å². The van der Waals surface area contributed by atoms with Crippen molar-refractivity contribution in [3.8, 4) is 0 Å². The topological polar surface area (TPSA) is 50.9 Å². The number of nitrogens with two attached hydrogens (primary N) is 1. The third-order valence-electron chi connectivity index (χ3n) is 3.15. The van der Waals surface area contributed by atoms with Crippen LogP contribution in [0.3, 0.4) is 0 Å². The molecule has 21 heavy (non-hydrogen) atoms. The molecule has 0 unspecified atom stereocenters. The van der Waals surface area contributed by atoms with Crippen molar-refractivity contribution in [3.05, 3.63) is 64.8 Å². The van der Waals surface area contributed by atoms with E-state index in [0.29, 0.717) is 4.99 Å². The normalized spacial score (nSPS) is 10.5. The van der Waals surface area contributed by atoms with E-state index in [1.807, 2.05) is 48.5 Å². The van der Waals surface area contributed by atoms with Gasteiger partial charge in [-0.05, 0) is 46.3 Å². The lowest BCUT2D eigenvalue weighted by Crippen LogP contribution is -2.10. The predicted octanol–water partition coefficient (Wildman–Crippen LogP) is 4.38. The summed E-state index contributed by atoms with van der Waals surface area (Å²) >= 11 is 8.49. The van der Waals surface area contributed by atoms with Crippen LogP contribution < -0.4 is 11.1 Å². The molecule has 0 atom stereocenters. The van der Waals surface area contributed by atoms with Gasteiger partial charge < -0.3 is 11.1 Å². The Hall–Kier alpha value is -1.98. The van der Waals surface area contributed by atoms with Crippen LogP contribution in [0.1, 0.15) is 5.56 Å². The maximum Gasteiger partial charge on any atom is 0.105 e. The van der Waals surface area contributed by atoms with E-state index in [1.165, 1.54) is 0 Å². The number of para-hydroxylation sites is 1. The van der Waals surface area contributed by atoms with Crippen LogP contribution in [0.2, 0.25) is 0 Å². The zero-order valence-electron chi connectivity index (χ0n) is 11.0. The van der Waals surface area contributed by atoms with Crippen LogP contribution in [0.15, 0.2) is 59.2 Å². The first-order valence-corrected chi connectivity index (χ1v) is 7.55. The van der Waals surface area contributed by atoms with E-state index in [0.717, 1.165) is 32.3 Å². The van der Waals surface area contributed by atoms with Gasteiger partial charge in [0.2, 0.25) is 0 Å². The summed E-state index contributed by atoms with van der Waals surface area (Å²) in [5, 5.41) is 4.48. The third-order valence-corrected chi connectivity index (χ3v) is 4.02. The Morgan fingerprint density at radius 1 is 1.14 bits per heavy atom. The van der Waals surface area contributed by atoms with Gasteiger partial charge in [0.05, 0.1) is 11.2 Å². The molecule has 0 amide bonds. The number of rotatable bonds is 3. The summed E-state index contributed by atoms with van der Waals surface area (Å²) in [5.74, 6) is 0. The number of pyridine rings is 1. The molecule has 0 radical (unpaired) electrons. The number of benzene rings is 2. The molecule has 0 aliphatic heterocycles. The Labute approximate surface area is 136 Å². The van der Waals surface area contributed by atoms with Crippen LogP contribution in [0, 0.1) is 0 Å². The molecule has 0 aliphatic rings. The van der Waals surface area contributed by atoms with Crippen LogP contribution in [0.5, 0.6) is 0 Å². The quantitative estimate of drug-likeness (QED) is 0.683. The van der Waals surface area contributed by atoms with Crippen molar-refractivity contribution in [2.45, 2.75) is 0 Å².